The third-order valence-electron chi connectivity index (χ3n) is 6.30. The van der Waals surface area contributed by atoms with E-state index in [1.165, 1.54) is 24.7 Å². The number of likely N-dealkylation sites (tertiary alicyclic amines) is 1. The fourth-order valence-corrected chi connectivity index (χ4v) is 4.03. The predicted octanol–water partition coefficient (Wildman–Crippen LogP) is 3.45. The van der Waals surface area contributed by atoms with E-state index >= 15 is 0 Å². The van der Waals surface area contributed by atoms with Crippen LogP contribution in [0.3, 0.4) is 0 Å². The second-order valence-corrected chi connectivity index (χ2v) is 10.7. The number of amides is 4. The van der Waals surface area contributed by atoms with Crippen LogP contribution in [0.25, 0.3) is 0 Å². The van der Waals surface area contributed by atoms with Crippen molar-refractivity contribution in [2.75, 3.05) is 30.3 Å². The lowest BCUT2D eigenvalue weighted by Gasteiger charge is -2.33. The molecule has 0 atom stereocenters. The van der Waals surface area contributed by atoms with Crippen LogP contribution in [0.1, 0.15) is 67.2 Å². The maximum absolute atomic E-state index is 12.7. The van der Waals surface area contributed by atoms with Crippen LogP contribution in [0.4, 0.5) is 16.3 Å². The Morgan fingerprint density at radius 1 is 0.974 bits per heavy atom. The molecule has 2 aromatic heterocycles. The van der Waals surface area contributed by atoms with Crippen molar-refractivity contribution in [1.29, 1.82) is 0 Å². The van der Waals surface area contributed by atoms with Gasteiger partial charge in [-0.2, -0.15) is 0 Å². The van der Waals surface area contributed by atoms with Gasteiger partial charge in [-0.15, -0.1) is 0 Å². The first-order chi connectivity index (χ1) is 18.1. The smallest absolute Gasteiger partial charge is 0.410 e. The topological polar surface area (TPSA) is 143 Å². The summed E-state index contributed by atoms with van der Waals surface area (Å²) in [6.45, 7) is 7.17. The van der Waals surface area contributed by atoms with Crippen LogP contribution in [0, 0.1) is 11.8 Å². The normalized spacial score (nSPS) is 15.9. The molecule has 4 rings (SSSR count). The summed E-state index contributed by atoms with van der Waals surface area (Å²) in [5.74, 6) is -0.207. The van der Waals surface area contributed by atoms with Crippen molar-refractivity contribution >= 4 is 35.3 Å². The van der Waals surface area contributed by atoms with Crippen LogP contribution in [-0.4, -0.2) is 63.9 Å². The molecule has 2 aromatic rings. The number of anilines is 2. The Morgan fingerprint density at radius 3 is 2.39 bits per heavy atom. The second-order valence-electron chi connectivity index (χ2n) is 10.7. The first-order valence-electron chi connectivity index (χ1n) is 12.9. The molecule has 1 aliphatic carbocycles. The molecule has 2 aliphatic rings. The lowest BCUT2D eigenvalue weighted by atomic mass is 9.97. The summed E-state index contributed by atoms with van der Waals surface area (Å²) >= 11 is 0. The van der Waals surface area contributed by atoms with Gasteiger partial charge < -0.3 is 25.6 Å². The van der Waals surface area contributed by atoms with Gasteiger partial charge in [0.1, 0.15) is 11.4 Å². The molecule has 2 fully saturated rings. The molecular formula is C27H34N6O5. The maximum Gasteiger partial charge on any atom is 0.410 e. The highest BCUT2D eigenvalue weighted by Crippen LogP contribution is 2.30. The molecule has 0 radical (unpaired) electrons. The number of nitrogens with one attached hydrogen (secondary N) is 3. The summed E-state index contributed by atoms with van der Waals surface area (Å²) < 4.78 is 5.43. The van der Waals surface area contributed by atoms with Crippen LogP contribution in [-0.2, 0) is 9.53 Å². The molecule has 0 unspecified atom stereocenters. The first kappa shape index (κ1) is 27.0. The Bertz CT molecular complexity index is 1200. The minimum atomic E-state index is -0.529. The molecule has 1 saturated carbocycles. The predicted molar refractivity (Wildman–Crippen MR) is 141 cm³/mol. The van der Waals surface area contributed by atoms with Crippen molar-refractivity contribution in [3.8, 4) is 0 Å². The molecule has 202 valence electrons. The summed E-state index contributed by atoms with van der Waals surface area (Å²) in [5, 5.41) is 8.39. The molecule has 0 bridgehead atoms. The first-order valence-corrected chi connectivity index (χ1v) is 12.9. The number of rotatable bonds is 7. The van der Waals surface area contributed by atoms with Gasteiger partial charge in [0.2, 0.25) is 5.91 Å². The van der Waals surface area contributed by atoms with Gasteiger partial charge in [-0.1, -0.05) is 0 Å². The van der Waals surface area contributed by atoms with E-state index < -0.39 is 11.5 Å². The fraction of sp³-hybridized carbons (Fsp3) is 0.481. The van der Waals surface area contributed by atoms with Crippen LogP contribution >= 0.6 is 0 Å². The van der Waals surface area contributed by atoms with E-state index in [9.17, 15) is 19.2 Å². The number of carbonyl (C=O) groups is 4. The standard InChI is InChI=1S/C27H34N6O5/c1-27(2,3)38-26(37)33-10-7-17(8-11-33)14-30-23(34)20-12-21(16-28-15-20)31-25(36)19-6-9-29-22(13-19)32-24(35)18-4-5-18/h6,9,12-13,15-18H,4-5,7-8,10-11,14H2,1-3H3,(H,30,34)(H,31,36)(H,29,32,35). The van der Waals surface area contributed by atoms with Gasteiger partial charge in [-0.25, -0.2) is 9.78 Å². The Kier molecular flexibility index (Phi) is 8.23. The summed E-state index contributed by atoms with van der Waals surface area (Å²) in [6.07, 6.45) is 7.32. The summed E-state index contributed by atoms with van der Waals surface area (Å²) in [7, 11) is 0. The van der Waals surface area contributed by atoms with Gasteiger partial charge in [0.25, 0.3) is 11.8 Å². The largest absolute Gasteiger partial charge is 0.444 e. The Balaban J connectivity index is 1.26. The quantitative estimate of drug-likeness (QED) is 0.505. The molecule has 1 aliphatic heterocycles. The molecular weight excluding hydrogens is 488 g/mol. The van der Waals surface area contributed by atoms with E-state index in [2.05, 4.69) is 25.9 Å². The molecule has 11 heteroatoms. The van der Waals surface area contributed by atoms with E-state index in [0.29, 0.717) is 42.3 Å². The van der Waals surface area contributed by atoms with Crippen molar-refractivity contribution in [1.82, 2.24) is 20.2 Å². The average molecular weight is 523 g/mol. The van der Waals surface area contributed by atoms with Gasteiger partial charge in [-0.05, 0) is 70.6 Å². The van der Waals surface area contributed by atoms with Gasteiger partial charge in [-0.3, -0.25) is 19.4 Å². The number of hydrogen-bond acceptors (Lipinski definition) is 7. The highest BCUT2D eigenvalue weighted by Gasteiger charge is 2.30. The average Bonchev–Trinajstić information content (AvgIpc) is 3.73. The lowest BCUT2D eigenvalue weighted by Crippen LogP contribution is -2.43. The van der Waals surface area contributed by atoms with E-state index in [4.69, 9.17) is 4.74 Å². The number of aromatic nitrogens is 2. The minimum Gasteiger partial charge on any atom is -0.444 e. The van der Waals surface area contributed by atoms with Gasteiger partial charge >= 0.3 is 6.09 Å². The third-order valence-corrected chi connectivity index (χ3v) is 6.30. The number of nitrogens with zero attached hydrogens (tertiary/aromatic N) is 3. The Hall–Kier alpha value is -4.02. The van der Waals surface area contributed by atoms with E-state index in [1.54, 1.807) is 17.0 Å². The van der Waals surface area contributed by atoms with E-state index in [-0.39, 0.29) is 29.7 Å². The minimum absolute atomic E-state index is 0.0271. The molecule has 1 saturated heterocycles. The number of hydrogen-bond donors (Lipinski definition) is 3. The third kappa shape index (κ3) is 7.74. The maximum atomic E-state index is 12.7. The zero-order chi connectivity index (χ0) is 27.3. The second kappa shape index (κ2) is 11.6. The van der Waals surface area contributed by atoms with Crippen molar-refractivity contribution < 1.29 is 23.9 Å². The van der Waals surface area contributed by atoms with Crippen LogP contribution in [0.5, 0.6) is 0 Å². The number of carbonyl (C=O) groups excluding carboxylic acids is 4. The summed E-state index contributed by atoms with van der Waals surface area (Å²) in [6, 6.07) is 4.61. The number of pyridine rings is 2. The van der Waals surface area contributed by atoms with E-state index in [0.717, 1.165) is 25.7 Å². The van der Waals surface area contributed by atoms with Crippen molar-refractivity contribution in [3.63, 3.8) is 0 Å². The van der Waals surface area contributed by atoms with Crippen LogP contribution in [0.15, 0.2) is 36.8 Å². The Labute approximate surface area is 221 Å². The fourth-order valence-electron chi connectivity index (χ4n) is 4.03. The van der Waals surface area contributed by atoms with Crippen molar-refractivity contribution in [2.45, 2.75) is 52.1 Å². The van der Waals surface area contributed by atoms with Crippen molar-refractivity contribution in [2.24, 2.45) is 11.8 Å². The SMILES string of the molecule is CC(C)(C)OC(=O)N1CCC(CNC(=O)c2cncc(NC(=O)c3ccnc(NC(=O)C4CC4)c3)c2)CC1. The summed E-state index contributed by atoms with van der Waals surface area (Å²) in [4.78, 5) is 59.6. The van der Waals surface area contributed by atoms with Crippen molar-refractivity contribution in [3.05, 3.63) is 47.9 Å². The number of piperidine rings is 1. The number of ether oxygens (including phenoxy) is 1. The monoisotopic (exact) mass is 522 g/mol. The van der Waals surface area contributed by atoms with Gasteiger partial charge in [0.15, 0.2) is 0 Å². The van der Waals surface area contributed by atoms with Gasteiger partial charge in [0, 0.05) is 43.5 Å². The van der Waals surface area contributed by atoms with Crippen LogP contribution in [0.2, 0.25) is 0 Å². The zero-order valence-electron chi connectivity index (χ0n) is 22.0. The highest BCUT2D eigenvalue weighted by atomic mass is 16.6. The molecule has 11 nitrogen and oxygen atoms in total. The molecule has 3 heterocycles. The lowest BCUT2D eigenvalue weighted by molar-refractivity contribution is -0.117. The molecule has 3 N–H and O–H groups in total. The van der Waals surface area contributed by atoms with Crippen LogP contribution < -0.4 is 16.0 Å². The Morgan fingerprint density at radius 2 is 1.71 bits per heavy atom. The highest BCUT2D eigenvalue weighted by molar-refractivity contribution is 6.05. The molecule has 4 amide bonds. The zero-order valence-corrected chi connectivity index (χ0v) is 22.0. The summed E-state index contributed by atoms with van der Waals surface area (Å²) in [5.41, 5.74) is 0.478. The van der Waals surface area contributed by atoms with Gasteiger partial charge in [0.05, 0.1) is 17.4 Å². The van der Waals surface area contributed by atoms with E-state index in [1.807, 2.05) is 20.8 Å². The molecule has 0 aromatic carbocycles. The molecule has 0 spiro atoms. The molecule has 38 heavy (non-hydrogen) atoms.